The van der Waals surface area contributed by atoms with Crippen LogP contribution in [0.25, 0.3) is 0 Å². The molecule has 0 spiro atoms. The molecule has 0 saturated carbocycles. The summed E-state index contributed by atoms with van der Waals surface area (Å²) in [6, 6.07) is 5.45. The third-order valence-electron chi connectivity index (χ3n) is 3.06. The molecule has 7 heteroatoms. The second-order valence-electron chi connectivity index (χ2n) is 4.58. The molecule has 1 aromatic heterocycles. The van der Waals surface area contributed by atoms with Crippen LogP contribution in [0.1, 0.15) is 10.6 Å². The lowest BCUT2D eigenvalue weighted by Crippen LogP contribution is -2.32. The zero-order valence-electron chi connectivity index (χ0n) is 10.7. The monoisotopic (exact) mass is 309 g/mol. The molecule has 1 atom stereocenters. The number of ether oxygens (including phenoxy) is 1. The van der Waals surface area contributed by atoms with Crippen LogP contribution in [0.5, 0.6) is 5.75 Å². The lowest BCUT2D eigenvalue weighted by atomic mass is 9.96. The molecule has 1 amide bonds. The first kappa shape index (κ1) is 13.3. The van der Waals surface area contributed by atoms with Crippen molar-refractivity contribution in [2.24, 2.45) is 5.92 Å². The van der Waals surface area contributed by atoms with Gasteiger partial charge >= 0.3 is 0 Å². The Morgan fingerprint density at radius 1 is 1.50 bits per heavy atom. The lowest BCUT2D eigenvalue weighted by molar-refractivity contribution is -0.121. The van der Waals surface area contributed by atoms with Crippen LogP contribution in [-0.2, 0) is 11.2 Å². The molecule has 0 fully saturated rings. The van der Waals surface area contributed by atoms with Gasteiger partial charge in [0.15, 0.2) is 0 Å². The Balaban J connectivity index is 1.71. The average molecular weight is 310 g/mol. The fraction of sp³-hybridized carbons (Fsp3) is 0.308. The Bertz CT molecular complexity index is 659. The maximum Gasteiger partial charge on any atom is 0.233 e. The van der Waals surface area contributed by atoms with E-state index in [1.54, 1.807) is 6.07 Å². The number of nitrogens with zero attached hydrogens (tertiary/aromatic N) is 2. The lowest BCUT2D eigenvalue weighted by Gasteiger charge is -2.24. The Morgan fingerprint density at radius 3 is 3.10 bits per heavy atom. The number of benzene rings is 1. The van der Waals surface area contributed by atoms with Crippen LogP contribution >= 0.6 is 22.9 Å². The summed E-state index contributed by atoms with van der Waals surface area (Å²) in [6.45, 7) is 2.20. The quantitative estimate of drug-likeness (QED) is 0.926. The summed E-state index contributed by atoms with van der Waals surface area (Å²) in [5.74, 6) is 0.446. The van der Waals surface area contributed by atoms with Gasteiger partial charge in [-0.15, -0.1) is 10.2 Å². The van der Waals surface area contributed by atoms with Crippen LogP contribution in [-0.4, -0.2) is 22.7 Å². The summed E-state index contributed by atoms with van der Waals surface area (Å²) in [5, 5.41) is 12.5. The van der Waals surface area contributed by atoms with Gasteiger partial charge in [-0.2, -0.15) is 0 Å². The average Bonchev–Trinajstić information content (AvgIpc) is 2.83. The van der Waals surface area contributed by atoms with E-state index in [-0.39, 0.29) is 11.8 Å². The SMILES string of the molecule is Cc1nnc(NC(=O)[C@H]2COc3ccc(Cl)cc3C2)s1. The minimum absolute atomic E-state index is 0.105. The van der Waals surface area contributed by atoms with Gasteiger partial charge in [0.25, 0.3) is 0 Å². The molecule has 1 N–H and O–H groups in total. The van der Waals surface area contributed by atoms with Crippen LogP contribution in [0.2, 0.25) is 5.02 Å². The number of hydrogen-bond acceptors (Lipinski definition) is 5. The van der Waals surface area contributed by atoms with Crippen molar-refractivity contribution in [2.45, 2.75) is 13.3 Å². The third-order valence-corrected chi connectivity index (χ3v) is 4.05. The molecule has 3 rings (SSSR count). The number of anilines is 1. The fourth-order valence-electron chi connectivity index (χ4n) is 2.09. The van der Waals surface area contributed by atoms with E-state index in [1.165, 1.54) is 11.3 Å². The summed E-state index contributed by atoms with van der Waals surface area (Å²) in [7, 11) is 0. The highest BCUT2D eigenvalue weighted by molar-refractivity contribution is 7.15. The summed E-state index contributed by atoms with van der Waals surface area (Å²) < 4.78 is 5.60. The number of halogens is 1. The largest absolute Gasteiger partial charge is 0.492 e. The number of aryl methyl sites for hydroxylation is 1. The molecule has 0 radical (unpaired) electrons. The number of hydrogen-bond donors (Lipinski definition) is 1. The van der Waals surface area contributed by atoms with Gasteiger partial charge in [-0.3, -0.25) is 4.79 Å². The molecular formula is C13H12ClN3O2S. The zero-order chi connectivity index (χ0) is 14.1. The molecule has 0 bridgehead atoms. The first-order valence-electron chi connectivity index (χ1n) is 6.14. The van der Waals surface area contributed by atoms with E-state index in [0.717, 1.165) is 16.3 Å². The van der Waals surface area contributed by atoms with Gasteiger partial charge in [-0.1, -0.05) is 22.9 Å². The van der Waals surface area contributed by atoms with Crippen LogP contribution in [0.3, 0.4) is 0 Å². The van der Waals surface area contributed by atoms with Crippen molar-refractivity contribution >= 4 is 34.0 Å². The van der Waals surface area contributed by atoms with Crippen LogP contribution in [0, 0.1) is 12.8 Å². The Labute approximate surface area is 124 Å². The molecule has 0 unspecified atom stereocenters. The normalized spacial score (nSPS) is 17.2. The summed E-state index contributed by atoms with van der Waals surface area (Å²) in [6.07, 6.45) is 0.611. The summed E-state index contributed by atoms with van der Waals surface area (Å²) in [5.41, 5.74) is 0.956. The standard InChI is InChI=1S/C13H12ClN3O2S/c1-7-16-17-13(20-7)15-12(18)9-4-8-5-10(14)2-3-11(8)19-6-9/h2-3,5,9H,4,6H2,1H3,(H,15,17,18)/t9-/m1/s1. The maximum absolute atomic E-state index is 12.2. The fourth-order valence-corrected chi connectivity index (χ4v) is 2.88. The number of amides is 1. The van der Waals surface area contributed by atoms with Crippen LogP contribution < -0.4 is 10.1 Å². The van der Waals surface area contributed by atoms with E-state index >= 15 is 0 Å². The molecule has 1 aliphatic heterocycles. The molecule has 2 heterocycles. The number of fused-ring (bicyclic) bond motifs is 1. The molecule has 1 aromatic carbocycles. The van der Waals surface area contributed by atoms with Crippen LogP contribution in [0.4, 0.5) is 5.13 Å². The molecule has 5 nitrogen and oxygen atoms in total. The molecule has 2 aromatic rings. The van der Waals surface area contributed by atoms with Crippen molar-refractivity contribution in [3.63, 3.8) is 0 Å². The molecule has 0 saturated heterocycles. The van der Waals surface area contributed by atoms with Gasteiger partial charge in [0.05, 0.1) is 5.92 Å². The second-order valence-corrected chi connectivity index (χ2v) is 6.20. The van der Waals surface area contributed by atoms with Crippen molar-refractivity contribution in [3.8, 4) is 5.75 Å². The second kappa shape index (κ2) is 5.38. The third kappa shape index (κ3) is 2.76. The van der Waals surface area contributed by atoms with Crippen LogP contribution in [0.15, 0.2) is 18.2 Å². The van der Waals surface area contributed by atoms with Gasteiger partial charge in [0.1, 0.15) is 17.4 Å². The Kier molecular flexibility index (Phi) is 3.58. The van der Waals surface area contributed by atoms with Crippen molar-refractivity contribution in [3.05, 3.63) is 33.8 Å². The highest BCUT2D eigenvalue weighted by Crippen LogP contribution is 2.30. The predicted octanol–water partition coefficient (Wildman–Crippen LogP) is 2.69. The van der Waals surface area contributed by atoms with Crippen molar-refractivity contribution in [2.75, 3.05) is 11.9 Å². The van der Waals surface area contributed by atoms with Gasteiger partial charge in [-0.25, -0.2) is 0 Å². The van der Waals surface area contributed by atoms with E-state index in [4.69, 9.17) is 16.3 Å². The van der Waals surface area contributed by atoms with E-state index in [2.05, 4.69) is 15.5 Å². The number of nitrogens with one attached hydrogen (secondary N) is 1. The number of carbonyl (C=O) groups excluding carboxylic acids is 1. The van der Waals surface area contributed by atoms with Gasteiger partial charge in [0.2, 0.25) is 11.0 Å². The van der Waals surface area contributed by atoms with Gasteiger partial charge in [-0.05, 0) is 37.1 Å². The Hall–Kier alpha value is -1.66. The summed E-state index contributed by atoms with van der Waals surface area (Å²) in [4.78, 5) is 12.2. The van der Waals surface area contributed by atoms with Crippen molar-refractivity contribution < 1.29 is 9.53 Å². The van der Waals surface area contributed by atoms with Gasteiger partial charge in [0, 0.05) is 5.02 Å². The van der Waals surface area contributed by atoms with E-state index in [1.807, 2.05) is 19.1 Å². The number of rotatable bonds is 2. The minimum Gasteiger partial charge on any atom is -0.492 e. The molecule has 0 aliphatic carbocycles. The van der Waals surface area contributed by atoms with E-state index < -0.39 is 0 Å². The first-order chi connectivity index (χ1) is 9.61. The van der Waals surface area contributed by atoms with E-state index in [0.29, 0.717) is 23.2 Å². The molecule has 1 aliphatic rings. The highest BCUT2D eigenvalue weighted by atomic mass is 35.5. The molecule has 20 heavy (non-hydrogen) atoms. The Morgan fingerprint density at radius 2 is 2.35 bits per heavy atom. The van der Waals surface area contributed by atoms with Gasteiger partial charge < -0.3 is 10.1 Å². The maximum atomic E-state index is 12.2. The number of aromatic nitrogens is 2. The van der Waals surface area contributed by atoms with E-state index in [9.17, 15) is 4.79 Å². The first-order valence-corrected chi connectivity index (χ1v) is 7.33. The number of carbonyl (C=O) groups is 1. The summed E-state index contributed by atoms with van der Waals surface area (Å²) >= 11 is 7.32. The molecular weight excluding hydrogens is 298 g/mol. The van der Waals surface area contributed by atoms with Crippen molar-refractivity contribution in [1.29, 1.82) is 0 Å². The minimum atomic E-state index is -0.245. The molecule has 104 valence electrons. The highest BCUT2D eigenvalue weighted by Gasteiger charge is 2.26. The zero-order valence-corrected chi connectivity index (χ0v) is 12.3. The smallest absolute Gasteiger partial charge is 0.233 e. The van der Waals surface area contributed by atoms with Crippen molar-refractivity contribution in [1.82, 2.24) is 10.2 Å². The predicted molar refractivity (Wildman–Crippen MR) is 77.4 cm³/mol. The topological polar surface area (TPSA) is 64.1 Å².